The Morgan fingerprint density at radius 3 is 2.89 bits per heavy atom. The summed E-state index contributed by atoms with van der Waals surface area (Å²) in [4.78, 5) is 20.5. The molecule has 0 aromatic carbocycles. The molecular formula is C20H23ClN6O. The van der Waals surface area contributed by atoms with Gasteiger partial charge in [0.2, 0.25) is 5.91 Å². The van der Waals surface area contributed by atoms with Crippen LogP contribution in [0.15, 0.2) is 43.1 Å². The van der Waals surface area contributed by atoms with Crippen molar-refractivity contribution in [2.24, 2.45) is 0 Å². The second kappa shape index (κ2) is 9.32. The second-order valence-corrected chi connectivity index (χ2v) is 6.77. The summed E-state index contributed by atoms with van der Waals surface area (Å²) in [5.41, 5.74) is 2.50. The molecule has 0 fully saturated rings. The van der Waals surface area contributed by atoms with E-state index in [0.717, 1.165) is 42.0 Å². The van der Waals surface area contributed by atoms with Crippen molar-refractivity contribution >= 4 is 23.6 Å². The Hall–Kier alpha value is -2.93. The number of unbranched alkanes of at least 4 members (excludes halogenated alkanes) is 1. The van der Waals surface area contributed by atoms with Gasteiger partial charge in [-0.1, -0.05) is 31.0 Å². The van der Waals surface area contributed by atoms with Crippen LogP contribution >= 0.6 is 11.6 Å². The number of hydrogen-bond acceptors (Lipinski definition) is 4. The van der Waals surface area contributed by atoms with Gasteiger partial charge in [0.1, 0.15) is 17.3 Å². The van der Waals surface area contributed by atoms with Gasteiger partial charge < -0.3 is 5.32 Å². The first kappa shape index (κ1) is 19.8. The number of imidazole rings is 1. The zero-order chi connectivity index (χ0) is 19.9. The van der Waals surface area contributed by atoms with Crippen LogP contribution in [0, 0.1) is 6.92 Å². The summed E-state index contributed by atoms with van der Waals surface area (Å²) in [6.07, 6.45) is 12.2. The van der Waals surface area contributed by atoms with Gasteiger partial charge in [-0.25, -0.2) is 9.97 Å². The number of carbonyl (C=O) groups excluding carboxylic acids is 1. The fraction of sp³-hybridized carbons (Fsp3) is 0.300. The highest BCUT2D eigenvalue weighted by Gasteiger charge is 2.11. The normalized spacial score (nSPS) is 11.2. The monoisotopic (exact) mass is 398 g/mol. The van der Waals surface area contributed by atoms with E-state index in [4.69, 9.17) is 11.6 Å². The van der Waals surface area contributed by atoms with Gasteiger partial charge in [0.15, 0.2) is 0 Å². The van der Waals surface area contributed by atoms with Crippen molar-refractivity contribution in [3.63, 3.8) is 0 Å². The van der Waals surface area contributed by atoms with Crippen LogP contribution in [0.1, 0.15) is 36.6 Å². The smallest absolute Gasteiger partial charge is 0.244 e. The van der Waals surface area contributed by atoms with Crippen molar-refractivity contribution in [2.75, 3.05) is 0 Å². The standard InChI is InChI=1S/C20H23ClN6O/c1-3-4-10-27-20(21)17(15(2)25-27)6-8-19(28)24-13-16-5-7-18(23-12-16)26-11-9-22-14-26/h5-9,11-12,14H,3-4,10,13H2,1-2H3,(H,24,28)/b8-6+. The number of aryl methyl sites for hydroxylation is 2. The third-order valence-corrected chi connectivity index (χ3v) is 4.68. The number of pyridine rings is 1. The van der Waals surface area contributed by atoms with Crippen LogP contribution < -0.4 is 5.32 Å². The number of halogens is 1. The first-order chi connectivity index (χ1) is 13.6. The van der Waals surface area contributed by atoms with E-state index >= 15 is 0 Å². The lowest BCUT2D eigenvalue weighted by atomic mass is 10.2. The first-order valence-electron chi connectivity index (χ1n) is 9.20. The minimum Gasteiger partial charge on any atom is -0.348 e. The molecule has 8 heteroatoms. The third kappa shape index (κ3) is 4.86. The van der Waals surface area contributed by atoms with Crippen molar-refractivity contribution in [2.45, 2.75) is 39.8 Å². The molecule has 1 amide bonds. The van der Waals surface area contributed by atoms with Crippen molar-refractivity contribution in [3.8, 4) is 5.82 Å². The molecule has 3 aromatic rings. The lowest BCUT2D eigenvalue weighted by Gasteiger charge is -2.04. The molecule has 0 saturated carbocycles. The van der Waals surface area contributed by atoms with Crippen LogP contribution in [0.5, 0.6) is 0 Å². The van der Waals surface area contributed by atoms with Gasteiger partial charge in [0.25, 0.3) is 0 Å². The molecule has 1 N–H and O–H groups in total. The van der Waals surface area contributed by atoms with Crippen LogP contribution in [-0.4, -0.2) is 30.2 Å². The van der Waals surface area contributed by atoms with Crippen LogP contribution in [0.25, 0.3) is 11.9 Å². The summed E-state index contributed by atoms with van der Waals surface area (Å²) in [5.74, 6) is 0.577. The first-order valence-corrected chi connectivity index (χ1v) is 9.58. The number of amides is 1. The van der Waals surface area contributed by atoms with Gasteiger partial charge in [-0.05, 0) is 31.1 Å². The molecule has 0 aliphatic carbocycles. The molecule has 0 radical (unpaired) electrons. The van der Waals surface area contributed by atoms with E-state index in [9.17, 15) is 4.79 Å². The summed E-state index contributed by atoms with van der Waals surface area (Å²) in [6, 6.07) is 3.80. The number of hydrogen-bond donors (Lipinski definition) is 1. The maximum absolute atomic E-state index is 12.1. The molecule has 146 valence electrons. The minimum absolute atomic E-state index is 0.199. The van der Waals surface area contributed by atoms with E-state index in [2.05, 4.69) is 27.3 Å². The Labute approximate surface area is 169 Å². The summed E-state index contributed by atoms with van der Waals surface area (Å²) in [7, 11) is 0. The van der Waals surface area contributed by atoms with E-state index in [1.165, 1.54) is 6.08 Å². The number of nitrogens with zero attached hydrogens (tertiary/aromatic N) is 5. The fourth-order valence-electron chi connectivity index (χ4n) is 2.69. The lowest BCUT2D eigenvalue weighted by Crippen LogP contribution is -2.20. The number of nitrogens with one attached hydrogen (secondary N) is 1. The zero-order valence-electron chi connectivity index (χ0n) is 16.0. The summed E-state index contributed by atoms with van der Waals surface area (Å²) < 4.78 is 3.60. The van der Waals surface area contributed by atoms with Gasteiger partial charge in [0, 0.05) is 43.3 Å². The van der Waals surface area contributed by atoms with Crippen LogP contribution in [-0.2, 0) is 17.9 Å². The van der Waals surface area contributed by atoms with Gasteiger partial charge in [0.05, 0.1) is 5.69 Å². The van der Waals surface area contributed by atoms with E-state index in [-0.39, 0.29) is 5.91 Å². The Balaban J connectivity index is 1.56. The molecule has 28 heavy (non-hydrogen) atoms. The quantitative estimate of drug-likeness (QED) is 0.588. The van der Waals surface area contributed by atoms with Crippen LogP contribution in [0.2, 0.25) is 5.15 Å². The van der Waals surface area contributed by atoms with E-state index < -0.39 is 0 Å². The molecule has 0 aliphatic rings. The molecule has 0 aliphatic heterocycles. The van der Waals surface area contributed by atoms with Crippen molar-refractivity contribution in [1.29, 1.82) is 0 Å². The minimum atomic E-state index is -0.199. The third-order valence-electron chi connectivity index (χ3n) is 4.28. The fourth-order valence-corrected chi connectivity index (χ4v) is 3.01. The maximum atomic E-state index is 12.1. The van der Waals surface area contributed by atoms with Crippen LogP contribution in [0.3, 0.4) is 0 Å². The molecule has 3 heterocycles. The number of aromatic nitrogens is 5. The maximum Gasteiger partial charge on any atom is 0.244 e. The number of carbonyl (C=O) groups is 1. The van der Waals surface area contributed by atoms with Gasteiger partial charge in [-0.3, -0.25) is 14.0 Å². The zero-order valence-corrected chi connectivity index (χ0v) is 16.7. The van der Waals surface area contributed by atoms with Gasteiger partial charge in [-0.2, -0.15) is 5.10 Å². The molecule has 0 saturated heterocycles. The molecule has 7 nitrogen and oxygen atoms in total. The highest BCUT2D eigenvalue weighted by molar-refractivity contribution is 6.31. The second-order valence-electron chi connectivity index (χ2n) is 6.41. The molecule has 0 bridgehead atoms. The van der Waals surface area contributed by atoms with E-state index in [1.807, 2.05) is 29.8 Å². The van der Waals surface area contributed by atoms with Crippen molar-refractivity contribution < 1.29 is 4.79 Å². The summed E-state index contributed by atoms with van der Waals surface area (Å²) in [5, 5.41) is 7.85. The Morgan fingerprint density at radius 2 is 2.21 bits per heavy atom. The van der Waals surface area contributed by atoms with Gasteiger partial charge in [-0.15, -0.1) is 0 Å². The molecule has 0 spiro atoms. The van der Waals surface area contributed by atoms with Crippen molar-refractivity contribution in [3.05, 3.63) is 65.1 Å². The molecular weight excluding hydrogens is 376 g/mol. The van der Waals surface area contributed by atoms with Crippen molar-refractivity contribution in [1.82, 2.24) is 29.6 Å². The predicted octanol–water partition coefficient (Wildman–Crippen LogP) is 3.56. The molecule has 0 atom stereocenters. The highest BCUT2D eigenvalue weighted by atomic mass is 35.5. The van der Waals surface area contributed by atoms with Gasteiger partial charge >= 0.3 is 0 Å². The molecule has 0 unspecified atom stereocenters. The predicted molar refractivity (Wildman–Crippen MR) is 109 cm³/mol. The van der Waals surface area contributed by atoms with E-state index in [0.29, 0.717) is 11.7 Å². The van der Waals surface area contributed by atoms with Crippen LogP contribution in [0.4, 0.5) is 0 Å². The Kier molecular flexibility index (Phi) is 6.60. The average molecular weight is 399 g/mol. The average Bonchev–Trinajstić information content (AvgIpc) is 3.32. The Bertz CT molecular complexity index is 944. The summed E-state index contributed by atoms with van der Waals surface area (Å²) in [6.45, 7) is 5.18. The largest absolute Gasteiger partial charge is 0.348 e. The van der Waals surface area contributed by atoms with E-state index in [1.54, 1.807) is 29.5 Å². The lowest BCUT2D eigenvalue weighted by molar-refractivity contribution is -0.116. The number of rotatable bonds is 8. The molecule has 3 rings (SSSR count). The molecule has 3 aromatic heterocycles. The topological polar surface area (TPSA) is 77.6 Å². The highest BCUT2D eigenvalue weighted by Crippen LogP contribution is 2.21. The SMILES string of the molecule is CCCCn1nc(C)c(/C=C/C(=O)NCc2ccc(-n3ccnc3)nc2)c1Cl. The summed E-state index contributed by atoms with van der Waals surface area (Å²) >= 11 is 6.38. The Morgan fingerprint density at radius 1 is 1.36 bits per heavy atom.